The molecule has 2 N–H and O–H groups in total. The van der Waals surface area contributed by atoms with Gasteiger partial charge in [0, 0.05) is 6.26 Å². The van der Waals surface area contributed by atoms with Crippen molar-refractivity contribution in [1.82, 2.24) is 5.16 Å². The number of hydrogen-bond donors (Lipinski definition) is 1. The molecule has 5 nitrogen and oxygen atoms in total. The number of nitrogen functional groups attached to an aromatic ring is 1. The number of aromatic nitrogens is 1. The third-order valence-electron chi connectivity index (χ3n) is 3.53. The average molecular weight is 294 g/mol. The van der Waals surface area contributed by atoms with Gasteiger partial charge in [-0.1, -0.05) is 35.0 Å². The van der Waals surface area contributed by atoms with Crippen LogP contribution in [0.15, 0.2) is 28.8 Å². The van der Waals surface area contributed by atoms with Crippen molar-refractivity contribution in [1.29, 1.82) is 0 Å². The van der Waals surface area contributed by atoms with Gasteiger partial charge in [-0.2, -0.15) is 0 Å². The zero-order valence-corrected chi connectivity index (χ0v) is 12.8. The van der Waals surface area contributed by atoms with E-state index in [2.05, 4.69) is 5.16 Å². The third-order valence-corrected chi connectivity index (χ3v) is 5.57. The Kier molecular flexibility index (Phi) is 3.37. The molecule has 0 unspecified atom stereocenters. The molecule has 2 aromatic rings. The first-order valence-corrected chi connectivity index (χ1v) is 8.06. The van der Waals surface area contributed by atoms with Crippen molar-refractivity contribution >= 4 is 15.7 Å². The summed E-state index contributed by atoms with van der Waals surface area (Å²) in [6, 6.07) is 7.61. The van der Waals surface area contributed by atoms with Crippen molar-refractivity contribution in [3.8, 4) is 11.1 Å². The van der Waals surface area contributed by atoms with E-state index in [0.717, 1.165) is 11.1 Å². The summed E-state index contributed by atoms with van der Waals surface area (Å²) in [5.41, 5.74) is 8.29. The van der Waals surface area contributed by atoms with Crippen molar-refractivity contribution in [2.75, 3.05) is 12.0 Å². The standard InChI is InChI=1S/C14H18N2O3S/c1-9-5-7-10(8-6-9)11-12(19-16-13(11)15)14(2,3)20(4,17)18/h5-8H,1-4H3,(H2,15,16). The Morgan fingerprint density at radius 1 is 1.20 bits per heavy atom. The number of benzene rings is 1. The van der Waals surface area contributed by atoms with E-state index < -0.39 is 14.6 Å². The molecule has 0 aliphatic carbocycles. The van der Waals surface area contributed by atoms with E-state index in [0.29, 0.717) is 5.56 Å². The highest BCUT2D eigenvalue weighted by Gasteiger charge is 2.39. The molecule has 0 saturated carbocycles. The molecule has 0 saturated heterocycles. The second-order valence-corrected chi connectivity index (χ2v) is 7.99. The van der Waals surface area contributed by atoms with Crippen LogP contribution in [0.4, 0.5) is 5.82 Å². The average Bonchev–Trinajstić information content (AvgIpc) is 2.71. The van der Waals surface area contributed by atoms with Gasteiger partial charge in [-0.3, -0.25) is 0 Å². The lowest BCUT2D eigenvalue weighted by Gasteiger charge is -2.20. The number of hydrogen-bond acceptors (Lipinski definition) is 5. The SMILES string of the molecule is Cc1ccc(-c2c(N)noc2C(C)(C)S(C)(=O)=O)cc1. The molecular weight excluding hydrogens is 276 g/mol. The van der Waals surface area contributed by atoms with Gasteiger partial charge in [-0.25, -0.2) is 8.42 Å². The van der Waals surface area contributed by atoms with Gasteiger partial charge < -0.3 is 10.3 Å². The first-order valence-electron chi connectivity index (χ1n) is 6.17. The molecule has 108 valence electrons. The minimum Gasteiger partial charge on any atom is -0.380 e. The molecule has 0 spiro atoms. The van der Waals surface area contributed by atoms with Crippen molar-refractivity contribution in [2.24, 2.45) is 0 Å². The molecule has 0 amide bonds. The predicted octanol–water partition coefficient (Wildman–Crippen LogP) is 2.51. The fourth-order valence-corrected chi connectivity index (χ4v) is 2.36. The van der Waals surface area contributed by atoms with Crippen LogP contribution in [-0.2, 0) is 14.6 Å². The predicted molar refractivity (Wildman–Crippen MR) is 79.0 cm³/mol. The summed E-state index contributed by atoms with van der Waals surface area (Å²) in [6.45, 7) is 5.14. The summed E-state index contributed by atoms with van der Waals surface area (Å²) in [6.07, 6.45) is 1.17. The molecule has 1 aromatic heterocycles. The maximum Gasteiger partial charge on any atom is 0.175 e. The van der Waals surface area contributed by atoms with E-state index >= 15 is 0 Å². The molecule has 0 aliphatic rings. The molecule has 0 bridgehead atoms. The van der Waals surface area contributed by atoms with Gasteiger partial charge >= 0.3 is 0 Å². The number of sulfone groups is 1. The largest absolute Gasteiger partial charge is 0.380 e. The molecule has 0 aliphatic heterocycles. The monoisotopic (exact) mass is 294 g/mol. The van der Waals surface area contributed by atoms with Crippen molar-refractivity contribution in [2.45, 2.75) is 25.5 Å². The lowest BCUT2D eigenvalue weighted by Crippen LogP contribution is -2.28. The van der Waals surface area contributed by atoms with Crippen LogP contribution >= 0.6 is 0 Å². The summed E-state index contributed by atoms with van der Waals surface area (Å²) >= 11 is 0. The van der Waals surface area contributed by atoms with E-state index in [1.807, 2.05) is 31.2 Å². The summed E-state index contributed by atoms with van der Waals surface area (Å²) in [5.74, 6) is 0.460. The van der Waals surface area contributed by atoms with Crippen molar-refractivity contribution < 1.29 is 12.9 Å². The Morgan fingerprint density at radius 2 is 1.75 bits per heavy atom. The first kappa shape index (κ1) is 14.6. The van der Waals surface area contributed by atoms with Crippen molar-refractivity contribution in [3.63, 3.8) is 0 Å². The Balaban J connectivity index is 2.68. The van der Waals surface area contributed by atoms with Gasteiger partial charge in [-0.05, 0) is 26.3 Å². The Bertz CT molecular complexity index is 728. The summed E-state index contributed by atoms with van der Waals surface area (Å²) in [7, 11) is -3.37. The summed E-state index contributed by atoms with van der Waals surface area (Å²) in [4.78, 5) is 0. The molecule has 6 heteroatoms. The second-order valence-electron chi connectivity index (χ2n) is 5.42. The highest BCUT2D eigenvalue weighted by Crippen LogP contribution is 2.39. The number of nitrogens with zero attached hydrogens (tertiary/aromatic N) is 1. The van der Waals surface area contributed by atoms with Gasteiger partial charge in [0.1, 0.15) is 4.75 Å². The normalized spacial score (nSPS) is 12.6. The quantitative estimate of drug-likeness (QED) is 0.940. The molecule has 1 heterocycles. The number of anilines is 1. The molecule has 0 radical (unpaired) electrons. The number of nitrogens with two attached hydrogens (primary N) is 1. The van der Waals surface area contributed by atoms with Gasteiger partial charge in [0.2, 0.25) is 0 Å². The van der Waals surface area contributed by atoms with E-state index in [1.165, 1.54) is 6.26 Å². The van der Waals surface area contributed by atoms with Crippen LogP contribution in [0.25, 0.3) is 11.1 Å². The second kappa shape index (κ2) is 4.63. The minimum atomic E-state index is -3.37. The molecule has 0 atom stereocenters. The van der Waals surface area contributed by atoms with E-state index in [9.17, 15) is 8.42 Å². The zero-order valence-electron chi connectivity index (χ0n) is 12.0. The molecular formula is C14H18N2O3S. The highest BCUT2D eigenvalue weighted by molar-refractivity contribution is 7.91. The van der Waals surface area contributed by atoms with Gasteiger partial charge in [0.25, 0.3) is 0 Å². The molecule has 0 fully saturated rings. The van der Waals surface area contributed by atoms with Crippen LogP contribution in [0.2, 0.25) is 0 Å². The molecule has 20 heavy (non-hydrogen) atoms. The lowest BCUT2D eigenvalue weighted by molar-refractivity contribution is 0.357. The number of aryl methyl sites for hydroxylation is 1. The van der Waals surface area contributed by atoms with E-state index in [4.69, 9.17) is 10.3 Å². The van der Waals surface area contributed by atoms with Crippen LogP contribution in [-0.4, -0.2) is 19.8 Å². The van der Waals surface area contributed by atoms with Crippen LogP contribution in [0.1, 0.15) is 25.2 Å². The summed E-state index contributed by atoms with van der Waals surface area (Å²) < 4.78 is 28.0. The van der Waals surface area contributed by atoms with E-state index in [-0.39, 0.29) is 11.6 Å². The van der Waals surface area contributed by atoms with Gasteiger partial charge in [0.05, 0.1) is 5.56 Å². The maximum atomic E-state index is 12.0. The first-order chi connectivity index (χ1) is 9.14. The van der Waals surface area contributed by atoms with Gasteiger partial charge in [0.15, 0.2) is 21.4 Å². The Morgan fingerprint density at radius 3 is 2.25 bits per heavy atom. The Labute approximate surface area is 118 Å². The minimum absolute atomic E-state index is 0.195. The van der Waals surface area contributed by atoms with Gasteiger partial charge in [-0.15, -0.1) is 0 Å². The molecule has 1 aromatic carbocycles. The number of rotatable bonds is 3. The van der Waals surface area contributed by atoms with Crippen LogP contribution in [0.3, 0.4) is 0 Å². The lowest BCUT2D eigenvalue weighted by atomic mass is 9.98. The van der Waals surface area contributed by atoms with Crippen LogP contribution in [0, 0.1) is 6.92 Å². The smallest absolute Gasteiger partial charge is 0.175 e. The Hall–Kier alpha value is -1.82. The maximum absolute atomic E-state index is 12.0. The third kappa shape index (κ3) is 2.31. The van der Waals surface area contributed by atoms with E-state index in [1.54, 1.807) is 13.8 Å². The topological polar surface area (TPSA) is 86.2 Å². The summed E-state index contributed by atoms with van der Waals surface area (Å²) in [5, 5.41) is 3.73. The van der Waals surface area contributed by atoms with Crippen LogP contribution < -0.4 is 5.73 Å². The highest BCUT2D eigenvalue weighted by atomic mass is 32.2. The fourth-order valence-electron chi connectivity index (χ4n) is 1.88. The molecule has 2 rings (SSSR count). The van der Waals surface area contributed by atoms with Crippen molar-refractivity contribution in [3.05, 3.63) is 35.6 Å². The zero-order chi connectivity index (χ0) is 15.1. The van der Waals surface area contributed by atoms with Crippen LogP contribution in [0.5, 0.6) is 0 Å². The fraction of sp³-hybridized carbons (Fsp3) is 0.357.